The van der Waals surface area contributed by atoms with Gasteiger partial charge in [0, 0.05) is 37.7 Å². The van der Waals surface area contributed by atoms with Crippen molar-refractivity contribution in [3.05, 3.63) is 59.9 Å². The zero-order valence-electron chi connectivity index (χ0n) is 14.7. The lowest BCUT2D eigenvalue weighted by Crippen LogP contribution is -2.41. The number of hydrogen-bond acceptors (Lipinski definition) is 3. The van der Waals surface area contributed by atoms with Crippen molar-refractivity contribution >= 4 is 11.7 Å². The summed E-state index contributed by atoms with van der Waals surface area (Å²) in [5.74, 6) is 0.499. The predicted molar refractivity (Wildman–Crippen MR) is 100 cm³/mol. The molecule has 2 aromatic rings. The summed E-state index contributed by atoms with van der Waals surface area (Å²) < 4.78 is 0. The van der Waals surface area contributed by atoms with E-state index in [0.717, 1.165) is 31.7 Å². The van der Waals surface area contributed by atoms with Crippen molar-refractivity contribution in [3.63, 3.8) is 0 Å². The van der Waals surface area contributed by atoms with Gasteiger partial charge in [-0.05, 0) is 62.1 Å². The summed E-state index contributed by atoms with van der Waals surface area (Å²) >= 11 is 0. The maximum atomic E-state index is 12.1. The monoisotopic (exact) mass is 338 g/mol. The SMILES string of the molecule is Cc1ccc(NC(=O)NC[C@@H]2CCCN(Cc3ccncc3)C2)cc1. The van der Waals surface area contributed by atoms with Crippen LogP contribution in [0.5, 0.6) is 0 Å². The molecule has 132 valence electrons. The lowest BCUT2D eigenvalue weighted by atomic mass is 9.97. The van der Waals surface area contributed by atoms with E-state index in [1.165, 1.54) is 17.5 Å². The molecule has 1 saturated heterocycles. The van der Waals surface area contributed by atoms with Crippen LogP contribution in [0.25, 0.3) is 0 Å². The summed E-state index contributed by atoms with van der Waals surface area (Å²) in [4.78, 5) is 18.6. The molecule has 1 aliphatic heterocycles. The fraction of sp³-hybridized carbons (Fsp3) is 0.400. The molecule has 0 bridgehead atoms. The first-order valence-electron chi connectivity index (χ1n) is 8.92. The van der Waals surface area contributed by atoms with Gasteiger partial charge in [0.25, 0.3) is 0 Å². The molecule has 0 spiro atoms. The Labute approximate surface area is 149 Å². The van der Waals surface area contributed by atoms with Gasteiger partial charge in [-0.3, -0.25) is 9.88 Å². The second-order valence-electron chi connectivity index (χ2n) is 6.80. The van der Waals surface area contributed by atoms with Crippen molar-refractivity contribution in [2.75, 3.05) is 25.0 Å². The van der Waals surface area contributed by atoms with Crippen molar-refractivity contribution in [2.24, 2.45) is 5.92 Å². The van der Waals surface area contributed by atoms with Gasteiger partial charge in [0.1, 0.15) is 0 Å². The normalized spacial score (nSPS) is 17.9. The van der Waals surface area contributed by atoms with Gasteiger partial charge in [0.2, 0.25) is 0 Å². The topological polar surface area (TPSA) is 57.3 Å². The molecule has 5 nitrogen and oxygen atoms in total. The Balaban J connectivity index is 1.43. The number of pyridine rings is 1. The van der Waals surface area contributed by atoms with Gasteiger partial charge in [0.15, 0.2) is 0 Å². The molecule has 2 heterocycles. The minimum absolute atomic E-state index is 0.130. The van der Waals surface area contributed by atoms with E-state index in [4.69, 9.17) is 0 Å². The lowest BCUT2D eigenvalue weighted by Gasteiger charge is -2.32. The third-order valence-corrected chi connectivity index (χ3v) is 4.62. The first kappa shape index (κ1) is 17.4. The highest BCUT2D eigenvalue weighted by molar-refractivity contribution is 5.89. The molecule has 2 amide bonds. The third-order valence-electron chi connectivity index (χ3n) is 4.62. The first-order valence-corrected chi connectivity index (χ1v) is 8.92. The van der Waals surface area contributed by atoms with Crippen LogP contribution in [0.15, 0.2) is 48.8 Å². The Morgan fingerprint density at radius 1 is 1.20 bits per heavy atom. The van der Waals surface area contributed by atoms with E-state index in [-0.39, 0.29) is 6.03 Å². The Hall–Kier alpha value is -2.40. The average Bonchev–Trinajstić information content (AvgIpc) is 2.63. The number of likely N-dealkylation sites (tertiary alicyclic amines) is 1. The molecular weight excluding hydrogens is 312 g/mol. The molecule has 2 N–H and O–H groups in total. The molecule has 1 aromatic carbocycles. The summed E-state index contributed by atoms with van der Waals surface area (Å²) in [6, 6.07) is 11.8. The van der Waals surface area contributed by atoms with E-state index in [1.807, 2.05) is 43.6 Å². The number of carbonyl (C=O) groups is 1. The summed E-state index contributed by atoms with van der Waals surface area (Å²) in [6.45, 7) is 5.84. The highest BCUT2D eigenvalue weighted by Crippen LogP contribution is 2.18. The minimum Gasteiger partial charge on any atom is -0.338 e. The molecule has 25 heavy (non-hydrogen) atoms. The third kappa shape index (κ3) is 5.57. The Bertz CT molecular complexity index is 672. The molecule has 0 unspecified atom stereocenters. The van der Waals surface area contributed by atoms with Gasteiger partial charge in [-0.25, -0.2) is 4.79 Å². The van der Waals surface area contributed by atoms with Crippen LogP contribution in [0.4, 0.5) is 10.5 Å². The maximum absolute atomic E-state index is 12.1. The van der Waals surface area contributed by atoms with Crippen LogP contribution in [0, 0.1) is 12.8 Å². The number of carbonyl (C=O) groups excluding carboxylic acids is 1. The van der Waals surface area contributed by atoms with E-state index in [9.17, 15) is 4.79 Å². The molecule has 5 heteroatoms. The summed E-state index contributed by atoms with van der Waals surface area (Å²) in [5.41, 5.74) is 3.30. The number of rotatable bonds is 5. The quantitative estimate of drug-likeness (QED) is 0.878. The molecule has 0 radical (unpaired) electrons. The number of benzene rings is 1. The summed E-state index contributed by atoms with van der Waals surface area (Å²) in [7, 11) is 0. The van der Waals surface area contributed by atoms with Crippen molar-refractivity contribution < 1.29 is 4.79 Å². The van der Waals surface area contributed by atoms with Crippen LogP contribution >= 0.6 is 0 Å². The largest absolute Gasteiger partial charge is 0.338 e. The number of aromatic nitrogens is 1. The zero-order valence-corrected chi connectivity index (χ0v) is 14.7. The van der Waals surface area contributed by atoms with Gasteiger partial charge >= 0.3 is 6.03 Å². The van der Waals surface area contributed by atoms with Gasteiger partial charge in [-0.2, -0.15) is 0 Å². The summed E-state index contributed by atoms with van der Waals surface area (Å²) in [6.07, 6.45) is 6.02. The van der Waals surface area contributed by atoms with Crippen LogP contribution in [0.2, 0.25) is 0 Å². The van der Waals surface area contributed by atoms with E-state index < -0.39 is 0 Å². The number of amides is 2. The standard InChI is InChI=1S/C20H26N4O/c1-16-4-6-19(7-5-16)23-20(25)22-13-18-3-2-12-24(15-18)14-17-8-10-21-11-9-17/h4-11,18H,2-3,12-15H2,1H3,(H2,22,23,25)/t18-/m0/s1. The van der Waals surface area contributed by atoms with E-state index in [2.05, 4.69) is 32.7 Å². The molecule has 1 fully saturated rings. The van der Waals surface area contributed by atoms with Crippen LogP contribution in [-0.2, 0) is 6.54 Å². The maximum Gasteiger partial charge on any atom is 0.319 e. The number of hydrogen-bond donors (Lipinski definition) is 2. The molecule has 0 saturated carbocycles. The van der Waals surface area contributed by atoms with Gasteiger partial charge in [0.05, 0.1) is 0 Å². The molecule has 0 aliphatic carbocycles. The fourth-order valence-electron chi connectivity index (χ4n) is 3.26. The average molecular weight is 338 g/mol. The molecule has 3 rings (SSSR count). The van der Waals surface area contributed by atoms with Gasteiger partial charge in [-0.1, -0.05) is 17.7 Å². The second kappa shape index (κ2) is 8.62. The van der Waals surface area contributed by atoms with Crippen LogP contribution in [0.1, 0.15) is 24.0 Å². The van der Waals surface area contributed by atoms with Crippen LogP contribution in [0.3, 0.4) is 0 Å². The molecule has 1 atom stereocenters. The zero-order chi connectivity index (χ0) is 17.5. The number of urea groups is 1. The van der Waals surface area contributed by atoms with Crippen molar-refractivity contribution in [1.82, 2.24) is 15.2 Å². The number of aryl methyl sites for hydroxylation is 1. The predicted octanol–water partition coefficient (Wildman–Crippen LogP) is 3.42. The first-order chi connectivity index (χ1) is 12.2. The highest BCUT2D eigenvalue weighted by atomic mass is 16.2. The Kier molecular flexibility index (Phi) is 6.01. The number of piperidine rings is 1. The van der Waals surface area contributed by atoms with Crippen molar-refractivity contribution in [3.8, 4) is 0 Å². The number of nitrogens with one attached hydrogen (secondary N) is 2. The highest BCUT2D eigenvalue weighted by Gasteiger charge is 2.20. The van der Waals surface area contributed by atoms with Crippen LogP contribution in [-0.4, -0.2) is 35.5 Å². The summed E-state index contributed by atoms with van der Waals surface area (Å²) in [5, 5.41) is 5.90. The number of anilines is 1. The van der Waals surface area contributed by atoms with Gasteiger partial charge < -0.3 is 10.6 Å². The van der Waals surface area contributed by atoms with E-state index in [0.29, 0.717) is 12.5 Å². The van der Waals surface area contributed by atoms with E-state index in [1.54, 1.807) is 0 Å². The Morgan fingerprint density at radius 2 is 1.96 bits per heavy atom. The molecular formula is C20H26N4O. The molecule has 1 aliphatic rings. The van der Waals surface area contributed by atoms with Crippen LogP contribution < -0.4 is 10.6 Å². The Morgan fingerprint density at radius 3 is 2.72 bits per heavy atom. The van der Waals surface area contributed by atoms with Crippen molar-refractivity contribution in [1.29, 1.82) is 0 Å². The smallest absolute Gasteiger partial charge is 0.319 e. The van der Waals surface area contributed by atoms with E-state index >= 15 is 0 Å². The minimum atomic E-state index is -0.130. The fourth-order valence-corrected chi connectivity index (χ4v) is 3.26. The second-order valence-corrected chi connectivity index (χ2v) is 6.80. The van der Waals surface area contributed by atoms with Crippen molar-refractivity contribution in [2.45, 2.75) is 26.3 Å². The van der Waals surface area contributed by atoms with Gasteiger partial charge in [-0.15, -0.1) is 0 Å². The molecule has 1 aromatic heterocycles. The lowest BCUT2D eigenvalue weighted by molar-refractivity contribution is 0.166. The number of nitrogens with zero attached hydrogens (tertiary/aromatic N) is 2.